The summed E-state index contributed by atoms with van der Waals surface area (Å²) in [6.45, 7) is 5.80. The summed E-state index contributed by atoms with van der Waals surface area (Å²) in [5.41, 5.74) is 0.160. The molecule has 0 saturated heterocycles. The van der Waals surface area contributed by atoms with Gasteiger partial charge in [-0.25, -0.2) is 9.18 Å². The Hall–Kier alpha value is -1.14. The molecule has 0 radical (unpaired) electrons. The Kier molecular flexibility index (Phi) is 5.31. The van der Waals surface area contributed by atoms with E-state index in [-0.39, 0.29) is 17.8 Å². The minimum atomic E-state index is -0.644. The summed E-state index contributed by atoms with van der Waals surface area (Å²) in [6.07, 6.45) is -0.644. The lowest BCUT2D eigenvalue weighted by Crippen LogP contribution is -2.40. The Morgan fingerprint density at radius 2 is 2.11 bits per heavy atom. The molecule has 1 atom stereocenters. The van der Waals surface area contributed by atoms with E-state index in [9.17, 15) is 14.3 Å². The van der Waals surface area contributed by atoms with E-state index in [2.05, 4.69) is 26.6 Å². The second-order valence-corrected chi connectivity index (χ2v) is 6.20. The number of amides is 2. The fraction of sp³-hybridized carbons (Fsp3) is 0.462. The Bertz CT molecular complexity index is 460. The number of anilines is 1. The monoisotopic (exact) mass is 332 g/mol. The molecule has 6 heteroatoms. The lowest BCUT2D eigenvalue weighted by atomic mass is 9.89. The van der Waals surface area contributed by atoms with E-state index in [0.717, 1.165) is 0 Å². The second kappa shape index (κ2) is 6.34. The molecule has 2 amide bonds. The molecule has 0 saturated carbocycles. The summed E-state index contributed by atoms with van der Waals surface area (Å²) in [7, 11) is 0. The van der Waals surface area contributed by atoms with Crippen LogP contribution in [0.25, 0.3) is 0 Å². The first kappa shape index (κ1) is 15.9. The zero-order valence-electron chi connectivity index (χ0n) is 11.1. The van der Waals surface area contributed by atoms with Crippen LogP contribution < -0.4 is 10.6 Å². The lowest BCUT2D eigenvalue weighted by Gasteiger charge is -2.25. The largest absolute Gasteiger partial charge is 0.391 e. The van der Waals surface area contributed by atoms with Gasteiger partial charge < -0.3 is 15.7 Å². The van der Waals surface area contributed by atoms with E-state index in [0.29, 0.717) is 10.2 Å². The van der Waals surface area contributed by atoms with Gasteiger partial charge >= 0.3 is 6.03 Å². The number of hydrogen-bond donors (Lipinski definition) is 3. The van der Waals surface area contributed by atoms with E-state index in [4.69, 9.17) is 0 Å². The summed E-state index contributed by atoms with van der Waals surface area (Å²) < 4.78 is 13.3. The summed E-state index contributed by atoms with van der Waals surface area (Å²) in [5.74, 6) is -0.388. The highest BCUT2D eigenvalue weighted by Gasteiger charge is 2.22. The molecule has 19 heavy (non-hydrogen) atoms. The van der Waals surface area contributed by atoms with Crippen LogP contribution >= 0.6 is 15.9 Å². The third-order valence-corrected chi connectivity index (χ3v) is 3.29. The van der Waals surface area contributed by atoms with Crippen LogP contribution in [0.1, 0.15) is 20.8 Å². The number of carbonyl (C=O) groups excluding carboxylic acids is 1. The van der Waals surface area contributed by atoms with E-state index in [1.165, 1.54) is 18.2 Å². The Morgan fingerprint density at radius 1 is 1.47 bits per heavy atom. The van der Waals surface area contributed by atoms with Crippen molar-refractivity contribution in [3.8, 4) is 0 Å². The molecule has 4 nitrogen and oxygen atoms in total. The normalized spacial score (nSPS) is 12.9. The van der Waals surface area contributed by atoms with Gasteiger partial charge in [0.2, 0.25) is 0 Å². The summed E-state index contributed by atoms with van der Waals surface area (Å²) >= 11 is 3.16. The predicted molar refractivity (Wildman–Crippen MR) is 76.6 cm³/mol. The second-order valence-electron chi connectivity index (χ2n) is 5.34. The number of nitrogens with one attached hydrogen (secondary N) is 2. The number of urea groups is 1. The van der Waals surface area contributed by atoms with Crippen LogP contribution in [0.15, 0.2) is 22.7 Å². The van der Waals surface area contributed by atoms with Gasteiger partial charge in [-0.05, 0) is 39.5 Å². The van der Waals surface area contributed by atoms with Crippen molar-refractivity contribution in [2.24, 2.45) is 5.41 Å². The molecular formula is C13H18BrFN2O2. The third kappa shape index (κ3) is 5.16. The number of aliphatic hydroxyl groups is 1. The van der Waals surface area contributed by atoms with Crippen LogP contribution in [-0.4, -0.2) is 23.8 Å². The van der Waals surface area contributed by atoms with Gasteiger partial charge in [-0.3, -0.25) is 0 Å². The Balaban J connectivity index is 2.52. The fourth-order valence-corrected chi connectivity index (χ4v) is 1.70. The van der Waals surface area contributed by atoms with Gasteiger partial charge in [0.1, 0.15) is 5.82 Å². The Labute approximate surface area is 120 Å². The van der Waals surface area contributed by atoms with Crippen LogP contribution in [0.3, 0.4) is 0 Å². The molecule has 1 aromatic rings. The van der Waals surface area contributed by atoms with Gasteiger partial charge in [0.15, 0.2) is 0 Å². The zero-order valence-corrected chi connectivity index (χ0v) is 12.7. The van der Waals surface area contributed by atoms with E-state index in [1.54, 1.807) is 0 Å². The van der Waals surface area contributed by atoms with Gasteiger partial charge in [-0.15, -0.1) is 0 Å². The number of carbonyl (C=O) groups is 1. The standard InChI is InChI=1S/C13H18BrFN2O2/c1-13(2,3)11(18)7-16-12(19)17-10-5-4-8(15)6-9(10)14/h4-6,11,18H,7H2,1-3H3,(H2,16,17,19). The topological polar surface area (TPSA) is 61.4 Å². The molecule has 1 unspecified atom stereocenters. The quantitative estimate of drug-likeness (QED) is 0.796. The number of benzene rings is 1. The molecule has 0 aliphatic heterocycles. The molecule has 0 fully saturated rings. The third-order valence-electron chi connectivity index (χ3n) is 2.63. The van der Waals surface area contributed by atoms with Gasteiger partial charge in [-0.2, -0.15) is 0 Å². The van der Waals surface area contributed by atoms with Gasteiger partial charge in [-0.1, -0.05) is 20.8 Å². The lowest BCUT2D eigenvalue weighted by molar-refractivity contribution is 0.0654. The van der Waals surface area contributed by atoms with Crippen molar-refractivity contribution < 1.29 is 14.3 Å². The van der Waals surface area contributed by atoms with Crippen molar-refractivity contribution in [1.82, 2.24) is 5.32 Å². The van der Waals surface area contributed by atoms with E-state index < -0.39 is 12.1 Å². The first-order chi connectivity index (χ1) is 8.70. The fourth-order valence-electron chi connectivity index (χ4n) is 1.25. The molecule has 106 valence electrons. The molecular weight excluding hydrogens is 315 g/mol. The van der Waals surface area contributed by atoms with E-state index in [1.807, 2.05) is 20.8 Å². The van der Waals surface area contributed by atoms with Gasteiger partial charge in [0, 0.05) is 11.0 Å². The van der Waals surface area contributed by atoms with E-state index >= 15 is 0 Å². The molecule has 0 bridgehead atoms. The number of hydrogen-bond acceptors (Lipinski definition) is 2. The smallest absolute Gasteiger partial charge is 0.319 e. The molecule has 0 aliphatic rings. The zero-order chi connectivity index (χ0) is 14.6. The average molecular weight is 333 g/mol. The minimum absolute atomic E-state index is 0.147. The van der Waals surface area contributed by atoms with Crippen LogP contribution in [0.4, 0.5) is 14.9 Å². The predicted octanol–water partition coefficient (Wildman–Crippen LogP) is 3.12. The van der Waals surface area contributed by atoms with Crippen LogP contribution in [0.2, 0.25) is 0 Å². The SMILES string of the molecule is CC(C)(C)C(O)CNC(=O)Nc1ccc(F)cc1Br. The van der Waals surface area contributed by atoms with Crippen molar-refractivity contribution in [2.75, 3.05) is 11.9 Å². The average Bonchev–Trinajstić information content (AvgIpc) is 2.28. The molecule has 3 N–H and O–H groups in total. The maximum atomic E-state index is 12.9. The minimum Gasteiger partial charge on any atom is -0.391 e. The first-order valence-corrected chi connectivity index (χ1v) is 6.67. The molecule has 1 aromatic carbocycles. The van der Waals surface area contributed by atoms with Crippen LogP contribution in [0.5, 0.6) is 0 Å². The van der Waals surface area contributed by atoms with Crippen LogP contribution in [-0.2, 0) is 0 Å². The first-order valence-electron chi connectivity index (χ1n) is 5.88. The number of rotatable bonds is 3. The molecule has 1 rings (SSSR count). The molecule has 0 spiro atoms. The molecule has 0 heterocycles. The van der Waals surface area contributed by atoms with Crippen molar-refractivity contribution in [2.45, 2.75) is 26.9 Å². The summed E-state index contributed by atoms with van der Waals surface area (Å²) in [5, 5.41) is 14.9. The maximum absolute atomic E-state index is 12.9. The summed E-state index contributed by atoms with van der Waals surface area (Å²) in [4.78, 5) is 11.6. The van der Waals surface area contributed by atoms with Crippen molar-refractivity contribution in [3.63, 3.8) is 0 Å². The van der Waals surface area contributed by atoms with Gasteiger partial charge in [0.05, 0.1) is 11.8 Å². The van der Waals surface area contributed by atoms with Gasteiger partial charge in [0.25, 0.3) is 0 Å². The number of aliphatic hydroxyl groups excluding tert-OH is 1. The number of halogens is 2. The highest BCUT2D eigenvalue weighted by molar-refractivity contribution is 9.10. The van der Waals surface area contributed by atoms with Crippen molar-refractivity contribution in [3.05, 3.63) is 28.5 Å². The molecule has 0 aromatic heterocycles. The van der Waals surface area contributed by atoms with Crippen molar-refractivity contribution >= 4 is 27.6 Å². The van der Waals surface area contributed by atoms with Crippen LogP contribution in [0, 0.1) is 11.2 Å². The maximum Gasteiger partial charge on any atom is 0.319 e. The summed E-state index contributed by atoms with van der Waals surface area (Å²) in [6, 6.07) is 3.53. The van der Waals surface area contributed by atoms with Crippen molar-refractivity contribution in [1.29, 1.82) is 0 Å². The molecule has 0 aliphatic carbocycles. The Morgan fingerprint density at radius 3 is 2.63 bits per heavy atom. The highest BCUT2D eigenvalue weighted by Crippen LogP contribution is 2.23. The highest BCUT2D eigenvalue weighted by atomic mass is 79.9.